The van der Waals surface area contributed by atoms with Gasteiger partial charge in [-0.3, -0.25) is 14.5 Å². The zero-order valence-electron chi connectivity index (χ0n) is 11.9. The van der Waals surface area contributed by atoms with Crippen LogP contribution in [0.5, 0.6) is 0 Å². The first kappa shape index (κ1) is 15.0. The van der Waals surface area contributed by atoms with Gasteiger partial charge in [0.15, 0.2) is 0 Å². The average Bonchev–Trinajstić information content (AvgIpc) is 2.38. The number of benzene rings is 1. The quantitative estimate of drug-likeness (QED) is 0.921. The van der Waals surface area contributed by atoms with Gasteiger partial charge in [-0.2, -0.15) is 0 Å². The number of nitrogens with one attached hydrogen (secondary N) is 1. The zero-order valence-corrected chi connectivity index (χ0v) is 13.5. The molecule has 108 valence electrons. The predicted molar refractivity (Wildman–Crippen MR) is 82.5 cm³/mol. The lowest BCUT2D eigenvalue weighted by Gasteiger charge is -2.38. The van der Waals surface area contributed by atoms with Crippen LogP contribution in [0.3, 0.4) is 0 Å². The second kappa shape index (κ2) is 5.95. The van der Waals surface area contributed by atoms with Crippen molar-refractivity contribution < 1.29 is 9.59 Å². The number of carbonyl (C=O) groups excluding carboxylic acids is 2. The average molecular weight is 339 g/mol. The van der Waals surface area contributed by atoms with Crippen LogP contribution in [0.1, 0.15) is 27.2 Å². The van der Waals surface area contributed by atoms with Crippen molar-refractivity contribution in [3.8, 4) is 0 Å². The molecule has 1 aliphatic heterocycles. The van der Waals surface area contributed by atoms with Crippen LogP contribution >= 0.6 is 15.9 Å². The molecule has 1 aromatic rings. The second-order valence-electron chi connectivity index (χ2n) is 5.55. The third-order valence-corrected chi connectivity index (χ3v) is 3.96. The lowest BCUT2D eigenvalue weighted by Crippen LogP contribution is -2.63. The lowest BCUT2D eigenvalue weighted by molar-refractivity contribution is -0.133. The van der Waals surface area contributed by atoms with Crippen molar-refractivity contribution in [3.63, 3.8) is 0 Å². The van der Waals surface area contributed by atoms with Gasteiger partial charge in [0.2, 0.25) is 11.8 Å². The summed E-state index contributed by atoms with van der Waals surface area (Å²) in [6, 6.07) is 6.54. The van der Waals surface area contributed by atoms with E-state index in [1.54, 1.807) is 11.8 Å². The monoisotopic (exact) mass is 338 g/mol. The summed E-state index contributed by atoms with van der Waals surface area (Å²) in [5.74, 6) is 0.218. The molecule has 1 saturated heterocycles. The molecular weight excluding hydrogens is 320 g/mol. The molecule has 0 saturated carbocycles. The molecule has 5 heteroatoms. The Balaban J connectivity index is 2.30. The van der Waals surface area contributed by atoms with E-state index in [-0.39, 0.29) is 11.8 Å². The van der Waals surface area contributed by atoms with E-state index in [1.807, 2.05) is 38.1 Å². The number of hydrogen-bond donors (Lipinski definition) is 1. The Bertz CT molecular complexity index is 513. The number of carbonyl (C=O) groups is 2. The molecule has 1 heterocycles. The summed E-state index contributed by atoms with van der Waals surface area (Å²) in [4.78, 5) is 26.3. The lowest BCUT2D eigenvalue weighted by atomic mass is 9.98. The van der Waals surface area contributed by atoms with Gasteiger partial charge in [0, 0.05) is 10.2 Å². The van der Waals surface area contributed by atoms with E-state index in [0.29, 0.717) is 12.3 Å². The molecule has 2 atom stereocenters. The number of amides is 2. The fraction of sp³-hybridized carbons (Fsp3) is 0.467. The molecule has 0 spiro atoms. The molecule has 1 fully saturated rings. The van der Waals surface area contributed by atoms with Crippen molar-refractivity contribution in [3.05, 3.63) is 28.7 Å². The van der Waals surface area contributed by atoms with Crippen LogP contribution in [0.4, 0.5) is 5.69 Å². The Morgan fingerprint density at radius 2 is 1.85 bits per heavy atom. The fourth-order valence-electron chi connectivity index (χ4n) is 2.41. The number of piperazine rings is 1. The highest BCUT2D eigenvalue weighted by atomic mass is 79.9. The van der Waals surface area contributed by atoms with Gasteiger partial charge in [-0.05, 0) is 43.5 Å². The molecule has 0 aliphatic carbocycles. The summed E-state index contributed by atoms with van der Waals surface area (Å²) in [6.45, 7) is 5.84. The van der Waals surface area contributed by atoms with Gasteiger partial charge in [0.25, 0.3) is 0 Å². The molecule has 2 amide bonds. The molecule has 1 aliphatic rings. The molecule has 1 N–H and O–H groups in total. The number of nitrogens with zero attached hydrogens (tertiary/aromatic N) is 1. The molecule has 20 heavy (non-hydrogen) atoms. The second-order valence-corrected chi connectivity index (χ2v) is 6.47. The molecule has 0 bridgehead atoms. The van der Waals surface area contributed by atoms with E-state index in [4.69, 9.17) is 0 Å². The Morgan fingerprint density at radius 1 is 1.25 bits per heavy atom. The molecule has 4 nitrogen and oxygen atoms in total. The standard InChI is InChI=1S/C15H19BrN2O2/c1-9(2)8-13-15(20)18(10(3)14(19)17-13)12-6-4-11(16)5-7-12/h4-7,9-10,13H,8H2,1-3H3,(H,17,19). The van der Waals surface area contributed by atoms with Gasteiger partial charge in [-0.15, -0.1) is 0 Å². The zero-order chi connectivity index (χ0) is 14.9. The summed E-state index contributed by atoms with van der Waals surface area (Å²) >= 11 is 3.37. The van der Waals surface area contributed by atoms with Crippen LogP contribution in [-0.4, -0.2) is 23.9 Å². The molecular formula is C15H19BrN2O2. The highest BCUT2D eigenvalue weighted by molar-refractivity contribution is 9.10. The number of rotatable bonds is 3. The topological polar surface area (TPSA) is 49.4 Å². The van der Waals surface area contributed by atoms with Crippen LogP contribution in [-0.2, 0) is 9.59 Å². The minimum atomic E-state index is -0.480. The highest BCUT2D eigenvalue weighted by Crippen LogP contribution is 2.25. The van der Waals surface area contributed by atoms with Crippen molar-refractivity contribution in [2.75, 3.05) is 4.90 Å². The van der Waals surface area contributed by atoms with Gasteiger partial charge >= 0.3 is 0 Å². The molecule has 0 aromatic heterocycles. The minimum Gasteiger partial charge on any atom is -0.342 e. The van der Waals surface area contributed by atoms with Gasteiger partial charge < -0.3 is 5.32 Å². The first-order chi connectivity index (χ1) is 9.40. The van der Waals surface area contributed by atoms with E-state index in [2.05, 4.69) is 21.2 Å². The van der Waals surface area contributed by atoms with Gasteiger partial charge in [-0.1, -0.05) is 29.8 Å². The largest absolute Gasteiger partial charge is 0.342 e. The smallest absolute Gasteiger partial charge is 0.250 e. The summed E-state index contributed by atoms with van der Waals surface area (Å²) in [6.07, 6.45) is 0.657. The SMILES string of the molecule is CC(C)CC1NC(=O)C(C)N(c2ccc(Br)cc2)C1=O. The van der Waals surface area contributed by atoms with Crippen molar-refractivity contribution in [1.82, 2.24) is 5.32 Å². The number of halogens is 1. The van der Waals surface area contributed by atoms with E-state index >= 15 is 0 Å². The summed E-state index contributed by atoms with van der Waals surface area (Å²) in [5.41, 5.74) is 0.759. The Labute approximate surface area is 127 Å². The maximum atomic E-state index is 12.6. The Kier molecular flexibility index (Phi) is 4.48. The van der Waals surface area contributed by atoms with Crippen molar-refractivity contribution >= 4 is 33.4 Å². The normalized spacial score (nSPS) is 23.1. The number of anilines is 1. The van der Waals surface area contributed by atoms with Crippen LogP contribution in [0.2, 0.25) is 0 Å². The van der Waals surface area contributed by atoms with Crippen LogP contribution in [0, 0.1) is 5.92 Å². The molecule has 2 rings (SSSR count). The van der Waals surface area contributed by atoms with Crippen molar-refractivity contribution in [1.29, 1.82) is 0 Å². The fourth-order valence-corrected chi connectivity index (χ4v) is 2.68. The third kappa shape index (κ3) is 3.03. The maximum absolute atomic E-state index is 12.6. The van der Waals surface area contributed by atoms with Crippen LogP contribution < -0.4 is 10.2 Å². The van der Waals surface area contributed by atoms with E-state index < -0.39 is 12.1 Å². The third-order valence-electron chi connectivity index (χ3n) is 3.43. The van der Waals surface area contributed by atoms with Crippen molar-refractivity contribution in [2.24, 2.45) is 5.92 Å². The summed E-state index contributed by atoms with van der Waals surface area (Å²) < 4.78 is 0.946. The van der Waals surface area contributed by atoms with Crippen molar-refractivity contribution in [2.45, 2.75) is 39.3 Å². The van der Waals surface area contributed by atoms with E-state index in [1.165, 1.54) is 0 Å². The molecule has 1 aromatic carbocycles. The van der Waals surface area contributed by atoms with Gasteiger partial charge in [-0.25, -0.2) is 0 Å². The van der Waals surface area contributed by atoms with Crippen LogP contribution in [0.25, 0.3) is 0 Å². The minimum absolute atomic E-state index is 0.0341. The Hall–Kier alpha value is -1.36. The Morgan fingerprint density at radius 3 is 2.40 bits per heavy atom. The highest BCUT2D eigenvalue weighted by Gasteiger charge is 2.38. The van der Waals surface area contributed by atoms with Gasteiger partial charge in [0.1, 0.15) is 12.1 Å². The summed E-state index contributed by atoms with van der Waals surface area (Å²) in [5, 5.41) is 2.82. The van der Waals surface area contributed by atoms with E-state index in [9.17, 15) is 9.59 Å². The first-order valence-corrected chi connectivity index (χ1v) is 7.58. The first-order valence-electron chi connectivity index (χ1n) is 6.79. The molecule has 2 unspecified atom stereocenters. The van der Waals surface area contributed by atoms with Crippen LogP contribution in [0.15, 0.2) is 28.7 Å². The number of hydrogen-bond acceptors (Lipinski definition) is 2. The van der Waals surface area contributed by atoms with E-state index in [0.717, 1.165) is 10.2 Å². The predicted octanol–water partition coefficient (Wildman–Crippen LogP) is 2.72. The maximum Gasteiger partial charge on any atom is 0.250 e. The van der Waals surface area contributed by atoms with Gasteiger partial charge in [0.05, 0.1) is 0 Å². The summed E-state index contributed by atoms with van der Waals surface area (Å²) in [7, 11) is 0. The molecule has 0 radical (unpaired) electrons.